The Kier molecular flexibility index (Phi) is 4.19. The minimum atomic E-state index is 0.107. The maximum Gasteiger partial charge on any atom is 0.234 e. The molecule has 0 saturated carbocycles. The van der Waals surface area contributed by atoms with Crippen molar-refractivity contribution in [3.05, 3.63) is 83.1 Å². The minimum absolute atomic E-state index is 0.107. The number of hydrogen-bond donors (Lipinski definition) is 0. The van der Waals surface area contributed by atoms with E-state index in [-0.39, 0.29) is 11.2 Å². The average Bonchev–Trinajstić information content (AvgIpc) is 3.37. The smallest absolute Gasteiger partial charge is 0.234 e. The SMILES string of the molecule is O=C1C[C@@H](c2cccs2)Sc2nc(-c3ccccc3)c(-c3ccccc3)n21. The Labute approximate surface area is 165 Å². The lowest BCUT2D eigenvalue weighted by Gasteiger charge is -2.21. The van der Waals surface area contributed by atoms with Crippen LogP contribution >= 0.6 is 23.1 Å². The molecule has 4 aromatic rings. The maximum atomic E-state index is 13.1. The van der Waals surface area contributed by atoms with Crippen molar-refractivity contribution in [2.45, 2.75) is 16.8 Å². The van der Waals surface area contributed by atoms with Crippen LogP contribution in [0.25, 0.3) is 22.5 Å². The topological polar surface area (TPSA) is 34.9 Å². The van der Waals surface area contributed by atoms with E-state index in [2.05, 4.69) is 11.4 Å². The lowest BCUT2D eigenvalue weighted by atomic mass is 10.0. The van der Waals surface area contributed by atoms with Gasteiger partial charge in [-0.2, -0.15) is 0 Å². The van der Waals surface area contributed by atoms with Crippen LogP contribution in [0.3, 0.4) is 0 Å². The van der Waals surface area contributed by atoms with Gasteiger partial charge in [0.05, 0.1) is 16.6 Å². The fraction of sp³-hybridized carbons (Fsp3) is 0.0909. The summed E-state index contributed by atoms with van der Waals surface area (Å²) < 4.78 is 1.81. The van der Waals surface area contributed by atoms with E-state index in [0.29, 0.717) is 6.42 Å². The van der Waals surface area contributed by atoms with E-state index in [1.165, 1.54) is 4.88 Å². The molecule has 0 radical (unpaired) electrons. The van der Waals surface area contributed by atoms with Gasteiger partial charge in [0.2, 0.25) is 5.91 Å². The van der Waals surface area contributed by atoms with E-state index in [0.717, 1.165) is 27.7 Å². The highest BCUT2D eigenvalue weighted by Crippen LogP contribution is 2.46. The van der Waals surface area contributed by atoms with Gasteiger partial charge in [-0.05, 0) is 11.4 Å². The molecule has 2 aromatic heterocycles. The van der Waals surface area contributed by atoms with Gasteiger partial charge in [0.15, 0.2) is 5.16 Å². The molecule has 0 bridgehead atoms. The summed E-state index contributed by atoms with van der Waals surface area (Å²) in [6, 6.07) is 24.3. The summed E-state index contributed by atoms with van der Waals surface area (Å²) in [5.74, 6) is 0.107. The summed E-state index contributed by atoms with van der Waals surface area (Å²) in [7, 11) is 0. The molecule has 5 heteroatoms. The van der Waals surface area contributed by atoms with Crippen molar-refractivity contribution >= 4 is 29.0 Å². The van der Waals surface area contributed by atoms with Gasteiger partial charge < -0.3 is 0 Å². The number of carbonyl (C=O) groups is 1. The summed E-state index contributed by atoms with van der Waals surface area (Å²) in [6.07, 6.45) is 0.489. The fourth-order valence-electron chi connectivity index (χ4n) is 3.42. The van der Waals surface area contributed by atoms with Crippen molar-refractivity contribution in [2.75, 3.05) is 0 Å². The van der Waals surface area contributed by atoms with E-state index in [1.54, 1.807) is 23.1 Å². The van der Waals surface area contributed by atoms with Crippen LogP contribution in [-0.2, 0) is 0 Å². The Hall–Kier alpha value is -2.63. The molecule has 0 amide bonds. The highest BCUT2D eigenvalue weighted by atomic mass is 32.2. The summed E-state index contributed by atoms with van der Waals surface area (Å²) in [4.78, 5) is 19.3. The predicted molar refractivity (Wildman–Crippen MR) is 111 cm³/mol. The number of thioether (sulfide) groups is 1. The van der Waals surface area contributed by atoms with Gasteiger partial charge in [0.1, 0.15) is 0 Å². The van der Waals surface area contributed by atoms with Crippen molar-refractivity contribution < 1.29 is 4.79 Å². The van der Waals surface area contributed by atoms with Gasteiger partial charge in [-0.3, -0.25) is 9.36 Å². The Morgan fingerprint density at radius 1 is 0.889 bits per heavy atom. The van der Waals surface area contributed by atoms with Gasteiger partial charge in [0.25, 0.3) is 0 Å². The normalized spacial score (nSPS) is 16.3. The standard InChI is InChI=1S/C22H16N2OS2/c25-19-14-18(17-12-7-13-26-17)27-22-23-20(15-8-3-1-4-9-15)21(24(19)22)16-10-5-2-6-11-16/h1-13,18H,14H2/t18-/m0/s1. The Balaban J connectivity index is 1.70. The third-order valence-corrected chi connectivity index (χ3v) is 6.98. The third kappa shape index (κ3) is 2.93. The number of rotatable bonds is 3. The molecule has 0 fully saturated rings. The second-order valence-corrected chi connectivity index (χ2v) is 8.53. The molecule has 27 heavy (non-hydrogen) atoms. The molecule has 2 aromatic carbocycles. The Morgan fingerprint density at radius 2 is 1.59 bits per heavy atom. The second-order valence-electron chi connectivity index (χ2n) is 6.38. The summed E-state index contributed by atoms with van der Waals surface area (Å²) in [5, 5.41) is 2.98. The van der Waals surface area contributed by atoms with Crippen LogP contribution in [0.15, 0.2) is 83.3 Å². The second kappa shape index (κ2) is 6.83. The zero-order chi connectivity index (χ0) is 18.2. The molecular formula is C22H16N2OS2. The molecular weight excluding hydrogens is 372 g/mol. The number of imidazole rings is 1. The lowest BCUT2D eigenvalue weighted by Crippen LogP contribution is -2.20. The highest BCUT2D eigenvalue weighted by Gasteiger charge is 2.33. The van der Waals surface area contributed by atoms with E-state index in [4.69, 9.17) is 4.98 Å². The molecule has 0 N–H and O–H groups in total. The van der Waals surface area contributed by atoms with E-state index in [1.807, 2.05) is 71.3 Å². The zero-order valence-corrected chi connectivity index (χ0v) is 16.0. The molecule has 0 aliphatic carbocycles. The van der Waals surface area contributed by atoms with Crippen molar-refractivity contribution in [3.63, 3.8) is 0 Å². The number of thiophene rings is 1. The fourth-order valence-corrected chi connectivity index (χ4v) is 5.56. The van der Waals surface area contributed by atoms with Crippen molar-refractivity contribution in [2.24, 2.45) is 0 Å². The van der Waals surface area contributed by atoms with Crippen LogP contribution < -0.4 is 0 Å². The quantitative estimate of drug-likeness (QED) is 0.422. The predicted octanol–water partition coefficient (Wildman–Crippen LogP) is 6.16. The van der Waals surface area contributed by atoms with E-state index < -0.39 is 0 Å². The number of benzene rings is 2. The molecule has 3 heterocycles. The maximum absolute atomic E-state index is 13.1. The van der Waals surface area contributed by atoms with Crippen LogP contribution in [-0.4, -0.2) is 15.5 Å². The third-order valence-electron chi connectivity index (χ3n) is 4.66. The van der Waals surface area contributed by atoms with Crippen molar-refractivity contribution in [1.29, 1.82) is 0 Å². The summed E-state index contributed by atoms with van der Waals surface area (Å²) in [6.45, 7) is 0. The molecule has 5 rings (SSSR count). The van der Waals surface area contributed by atoms with Crippen LogP contribution in [0.1, 0.15) is 21.3 Å². The first-order valence-electron chi connectivity index (χ1n) is 8.78. The van der Waals surface area contributed by atoms with Gasteiger partial charge >= 0.3 is 0 Å². The van der Waals surface area contributed by atoms with Gasteiger partial charge in [-0.25, -0.2) is 4.98 Å². The summed E-state index contributed by atoms with van der Waals surface area (Å²) >= 11 is 3.38. The monoisotopic (exact) mass is 388 g/mol. The van der Waals surface area contributed by atoms with Crippen LogP contribution in [0.2, 0.25) is 0 Å². The number of aromatic nitrogens is 2. The first-order chi connectivity index (χ1) is 13.3. The lowest BCUT2D eigenvalue weighted by molar-refractivity contribution is 0.0888. The first-order valence-corrected chi connectivity index (χ1v) is 10.5. The largest absolute Gasteiger partial charge is 0.274 e. The number of fused-ring (bicyclic) bond motifs is 1. The highest BCUT2D eigenvalue weighted by molar-refractivity contribution is 7.99. The average molecular weight is 389 g/mol. The number of carbonyl (C=O) groups excluding carboxylic acids is 1. The molecule has 1 aliphatic heterocycles. The Morgan fingerprint density at radius 3 is 2.26 bits per heavy atom. The van der Waals surface area contributed by atoms with Gasteiger partial charge in [0, 0.05) is 22.4 Å². The Bertz CT molecular complexity index is 1090. The van der Waals surface area contributed by atoms with Crippen molar-refractivity contribution in [1.82, 2.24) is 9.55 Å². The molecule has 0 unspecified atom stereocenters. The first kappa shape index (κ1) is 16.5. The van der Waals surface area contributed by atoms with Crippen molar-refractivity contribution in [3.8, 4) is 22.5 Å². The molecule has 1 atom stereocenters. The zero-order valence-electron chi connectivity index (χ0n) is 14.4. The van der Waals surface area contributed by atoms with E-state index in [9.17, 15) is 4.79 Å². The molecule has 0 spiro atoms. The molecule has 0 saturated heterocycles. The van der Waals surface area contributed by atoms with Crippen LogP contribution in [0, 0.1) is 0 Å². The molecule has 3 nitrogen and oxygen atoms in total. The number of hydrogen-bond acceptors (Lipinski definition) is 4. The van der Waals surface area contributed by atoms with Gasteiger partial charge in [-0.15, -0.1) is 11.3 Å². The summed E-state index contributed by atoms with van der Waals surface area (Å²) in [5.41, 5.74) is 3.79. The van der Waals surface area contributed by atoms with Crippen LogP contribution in [0.4, 0.5) is 0 Å². The van der Waals surface area contributed by atoms with E-state index >= 15 is 0 Å². The van der Waals surface area contributed by atoms with Gasteiger partial charge in [-0.1, -0.05) is 78.5 Å². The van der Waals surface area contributed by atoms with Crippen LogP contribution in [0.5, 0.6) is 0 Å². The minimum Gasteiger partial charge on any atom is -0.274 e. The molecule has 132 valence electrons. The number of nitrogens with zero attached hydrogens (tertiary/aromatic N) is 2. The molecule has 1 aliphatic rings.